The van der Waals surface area contributed by atoms with Gasteiger partial charge in [0.25, 0.3) is 0 Å². The maximum atomic E-state index is 13.0. The summed E-state index contributed by atoms with van der Waals surface area (Å²) in [6.45, 7) is 16.8. The summed E-state index contributed by atoms with van der Waals surface area (Å²) in [5, 5.41) is 30.0. The molecular formula is C39H54O6. The van der Waals surface area contributed by atoms with Gasteiger partial charge < -0.3 is 20.1 Å². The number of benzene rings is 1. The first-order valence-corrected chi connectivity index (χ1v) is 17.4. The molecule has 4 saturated carbocycles. The highest BCUT2D eigenvalue weighted by Gasteiger charge is 2.69. The topological polar surface area (TPSA) is 104 Å². The van der Waals surface area contributed by atoms with Gasteiger partial charge in [0.05, 0.1) is 5.41 Å². The summed E-state index contributed by atoms with van der Waals surface area (Å²) in [6, 6.07) is 4.46. The number of fused-ring (bicyclic) bond motifs is 7. The monoisotopic (exact) mass is 618 g/mol. The second kappa shape index (κ2) is 10.6. The van der Waals surface area contributed by atoms with Crippen LogP contribution in [-0.2, 0) is 14.3 Å². The molecule has 1 aromatic carbocycles. The number of hydrogen-bond acceptors (Lipinski definition) is 5. The van der Waals surface area contributed by atoms with E-state index in [1.807, 2.05) is 0 Å². The maximum absolute atomic E-state index is 13.0. The Bertz CT molecular complexity index is 1440. The molecule has 5 aliphatic rings. The fourth-order valence-electron chi connectivity index (χ4n) is 12.0. The highest BCUT2D eigenvalue weighted by Crippen LogP contribution is 2.75. The van der Waals surface area contributed by atoms with Gasteiger partial charge in [-0.3, -0.25) is 4.79 Å². The Morgan fingerprint density at radius 2 is 1.62 bits per heavy atom. The van der Waals surface area contributed by atoms with Crippen LogP contribution < -0.4 is 0 Å². The van der Waals surface area contributed by atoms with Gasteiger partial charge in [0, 0.05) is 11.5 Å². The van der Waals surface area contributed by atoms with Crippen molar-refractivity contribution in [2.24, 2.45) is 56.7 Å². The van der Waals surface area contributed by atoms with Crippen LogP contribution in [-0.4, -0.2) is 33.4 Å². The first-order chi connectivity index (χ1) is 21.0. The van der Waals surface area contributed by atoms with Crippen LogP contribution in [0, 0.1) is 56.7 Å². The van der Waals surface area contributed by atoms with Crippen molar-refractivity contribution >= 4 is 18.0 Å². The van der Waals surface area contributed by atoms with Crippen molar-refractivity contribution in [1.29, 1.82) is 0 Å². The zero-order chi connectivity index (χ0) is 32.7. The summed E-state index contributed by atoms with van der Waals surface area (Å²) in [5.74, 6) is 0.524. The van der Waals surface area contributed by atoms with E-state index in [-0.39, 0.29) is 51.2 Å². The van der Waals surface area contributed by atoms with Crippen LogP contribution in [0.4, 0.5) is 0 Å². The predicted molar refractivity (Wildman–Crippen MR) is 175 cm³/mol. The number of phenols is 2. The Morgan fingerprint density at radius 1 is 0.889 bits per heavy atom. The van der Waals surface area contributed by atoms with E-state index in [1.54, 1.807) is 12.1 Å². The Labute approximate surface area is 269 Å². The molecule has 1 aromatic rings. The van der Waals surface area contributed by atoms with E-state index in [9.17, 15) is 24.9 Å². The molecule has 45 heavy (non-hydrogen) atoms. The molecular weight excluding hydrogens is 564 g/mol. The molecule has 0 aliphatic heterocycles. The highest BCUT2D eigenvalue weighted by molar-refractivity contribution is 5.87. The maximum Gasteiger partial charge on any atom is 0.331 e. The molecule has 0 heterocycles. The van der Waals surface area contributed by atoms with Crippen LogP contribution in [0.15, 0.2) is 35.9 Å². The predicted octanol–water partition coefficient (Wildman–Crippen LogP) is 8.77. The minimum absolute atomic E-state index is 0.0141. The first kappa shape index (κ1) is 32.2. The van der Waals surface area contributed by atoms with Crippen LogP contribution in [0.3, 0.4) is 0 Å². The summed E-state index contributed by atoms with van der Waals surface area (Å²) in [6.07, 6.45) is 13.9. The molecule has 4 fully saturated rings. The molecule has 6 nitrogen and oxygen atoms in total. The normalized spacial score (nSPS) is 43.7. The summed E-state index contributed by atoms with van der Waals surface area (Å²) < 4.78 is 6.15. The Kier molecular flexibility index (Phi) is 7.61. The minimum atomic E-state index is -0.622. The first-order valence-electron chi connectivity index (χ1n) is 17.4. The second-order valence-corrected chi connectivity index (χ2v) is 17.0. The largest absolute Gasteiger partial charge is 0.504 e. The van der Waals surface area contributed by atoms with E-state index in [0.29, 0.717) is 29.2 Å². The molecule has 10 atom stereocenters. The zero-order valence-electron chi connectivity index (χ0n) is 28.4. The SMILES string of the molecule is C[C@H]1[C@H](C)CC[C@]2(C(=O)O)CC[C@]3(C)C(=CC[C@@H]4[C@@]5(C)CC[C@@H](OC(=O)C=Cc6ccc(O)c(O)c6)C(C)(C)[C@@H]5CC[C@]43C)[C@H]12. The van der Waals surface area contributed by atoms with Gasteiger partial charge in [0.15, 0.2) is 11.5 Å². The average molecular weight is 619 g/mol. The van der Waals surface area contributed by atoms with Crippen molar-refractivity contribution in [1.82, 2.24) is 0 Å². The Balaban J connectivity index is 1.26. The molecule has 0 aromatic heterocycles. The third-order valence-corrected chi connectivity index (χ3v) is 15.0. The zero-order valence-corrected chi connectivity index (χ0v) is 28.4. The Hall–Kier alpha value is -2.76. The lowest BCUT2D eigenvalue weighted by molar-refractivity contribution is -0.213. The number of allylic oxidation sites excluding steroid dienone is 2. The number of aliphatic carboxylic acids is 1. The number of aromatic hydroxyl groups is 2. The van der Waals surface area contributed by atoms with Gasteiger partial charge in [-0.15, -0.1) is 0 Å². The number of carboxylic acids is 1. The molecule has 0 spiro atoms. The van der Waals surface area contributed by atoms with E-state index < -0.39 is 11.4 Å². The fourth-order valence-corrected chi connectivity index (χ4v) is 12.0. The number of carbonyl (C=O) groups is 2. The molecule has 6 rings (SSSR count). The third kappa shape index (κ3) is 4.54. The number of carbonyl (C=O) groups excluding carboxylic acids is 1. The van der Waals surface area contributed by atoms with Crippen LogP contribution in [0.25, 0.3) is 6.08 Å². The van der Waals surface area contributed by atoms with Gasteiger partial charge in [-0.2, -0.15) is 0 Å². The molecule has 0 amide bonds. The van der Waals surface area contributed by atoms with Crippen LogP contribution in [0.2, 0.25) is 0 Å². The molecule has 246 valence electrons. The number of carboxylic acid groups (broad SMARTS) is 1. The number of ether oxygens (including phenoxy) is 1. The third-order valence-electron chi connectivity index (χ3n) is 15.0. The minimum Gasteiger partial charge on any atom is -0.504 e. The van der Waals surface area contributed by atoms with Crippen molar-refractivity contribution in [3.8, 4) is 11.5 Å². The van der Waals surface area contributed by atoms with E-state index >= 15 is 0 Å². The molecule has 5 aliphatic carbocycles. The summed E-state index contributed by atoms with van der Waals surface area (Å²) in [7, 11) is 0. The fraction of sp³-hybridized carbons (Fsp3) is 0.692. The van der Waals surface area contributed by atoms with Crippen LogP contribution in [0.5, 0.6) is 11.5 Å². The lowest BCUT2D eigenvalue weighted by Gasteiger charge is -2.71. The van der Waals surface area contributed by atoms with Gasteiger partial charge in [0.1, 0.15) is 6.10 Å². The van der Waals surface area contributed by atoms with Crippen molar-refractivity contribution in [2.45, 2.75) is 112 Å². The average Bonchev–Trinajstić information content (AvgIpc) is 2.97. The lowest BCUT2D eigenvalue weighted by atomic mass is 9.33. The van der Waals surface area contributed by atoms with Gasteiger partial charge in [-0.1, -0.05) is 66.2 Å². The summed E-state index contributed by atoms with van der Waals surface area (Å²) in [5.41, 5.74) is 1.43. The van der Waals surface area contributed by atoms with Crippen molar-refractivity contribution in [2.75, 3.05) is 0 Å². The molecule has 3 N–H and O–H groups in total. The van der Waals surface area contributed by atoms with E-state index in [0.717, 1.165) is 57.8 Å². The molecule has 0 saturated heterocycles. The smallest absolute Gasteiger partial charge is 0.331 e. The standard InChI is InChI=1S/C39H54O6/c1-23-14-19-39(34(43)44)21-20-37(6)26(33(39)24(23)2)10-12-30-36(5)17-16-31(35(3,4)29(36)15-18-38(30,37)7)45-32(42)13-9-25-8-11-27(40)28(41)22-25/h8-11,13,22-24,29-31,33,40-41H,12,14-21H2,1-7H3,(H,43,44)/t23-,24+,29+,30-,31-,33+,36+,37-,38-,39+/m1/s1. The van der Waals surface area contributed by atoms with Crippen LogP contribution in [0.1, 0.15) is 112 Å². The lowest BCUT2D eigenvalue weighted by Crippen LogP contribution is -2.65. The molecule has 0 bridgehead atoms. The number of rotatable bonds is 4. The van der Waals surface area contributed by atoms with Gasteiger partial charge in [-0.25, -0.2) is 4.79 Å². The number of hydrogen-bond donors (Lipinski definition) is 3. The summed E-state index contributed by atoms with van der Waals surface area (Å²) in [4.78, 5) is 26.0. The molecule has 0 radical (unpaired) electrons. The van der Waals surface area contributed by atoms with Gasteiger partial charge in [-0.05, 0) is 127 Å². The molecule has 6 heteroatoms. The van der Waals surface area contributed by atoms with Gasteiger partial charge >= 0.3 is 11.9 Å². The summed E-state index contributed by atoms with van der Waals surface area (Å²) >= 11 is 0. The van der Waals surface area contributed by atoms with Crippen molar-refractivity contribution in [3.63, 3.8) is 0 Å². The Morgan fingerprint density at radius 3 is 2.31 bits per heavy atom. The van der Waals surface area contributed by atoms with E-state index in [4.69, 9.17) is 4.74 Å². The van der Waals surface area contributed by atoms with E-state index in [1.165, 1.54) is 23.8 Å². The van der Waals surface area contributed by atoms with Gasteiger partial charge in [0.2, 0.25) is 0 Å². The van der Waals surface area contributed by atoms with E-state index in [2.05, 4.69) is 54.5 Å². The number of phenolic OH excluding ortho intramolecular Hbond substituents is 2. The number of esters is 1. The second-order valence-electron chi connectivity index (χ2n) is 17.0. The quantitative estimate of drug-likeness (QED) is 0.135. The van der Waals surface area contributed by atoms with Crippen molar-refractivity contribution in [3.05, 3.63) is 41.5 Å². The molecule has 0 unspecified atom stereocenters. The van der Waals surface area contributed by atoms with Crippen LogP contribution >= 0.6 is 0 Å². The highest BCUT2D eigenvalue weighted by atomic mass is 16.5. The van der Waals surface area contributed by atoms with Crippen molar-refractivity contribution < 1.29 is 29.6 Å².